The molecule has 210 valence electrons. The number of carbonyl (C=O) groups excluding carboxylic acids is 1. The molecular formula is C28H33F2N3O5S. The Kier molecular flexibility index (Phi) is 7.01. The van der Waals surface area contributed by atoms with Crippen molar-refractivity contribution < 1.29 is 31.5 Å². The molecule has 2 N–H and O–H groups in total. The van der Waals surface area contributed by atoms with E-state index in [0.717, 1.165) is 32.2 Å². The van der Waals surface area contributed by atoms with E-state index >= 15 is 0 Å². The maximum atomic E-state index is 13.7. The molecule has 3 atom stereocenters. The Morgan fingerprint density at radius 2 is 1.56 bits per heavy atom. The van der Waals surface area contributed by atoms with Crippen LogP contribution < -0.4 is 20.1 Å². The van der Waals surface area contributed by atoms with Crippen LogP contribution in [-0.2, 0) is 16.6 Å². The molecule has 2 aromatic carbocycles. The number of rotatable bonds is 7. The van der Waals surface area contributed by atoms with Crippen LogP contribution in [0.25, 0.3) is 0 Å². The number of ether oxygens (including phenoxy) is 2. The second-order valence-corrected chi connectivity index (χ2v) is 13.2. The van der Waals surface area contributed by atoms with Crippen LogP contribution in [0.3, 0.4) is 0 Å². The van der Waals surface area contributed by atoms with Crippen molar-refractivity contribution in [2.75, 3.05) is 0 Å². The van der Waals surface area contributed by atoms with Gasteiger partial charge < -0.3 is 20.1 Å². The Balaban J connectivity index is 1.03. The van der Waals surface area contributed by atoms with Crippen LogP contribution in [-0.4, -0.2) is 54.3 Å². The predicted octanol–water partition coefficient (Wildman–Crippen LogP) is 4.16. The topological polar surface area (TPSA) is 97.0 Å². The SMILES string of the molecule is O=C(N[C@H]1C[C@H]2CC[C@@H](C1)N2S(=O)(=O)[C@H]1CC[C@H](NCc2ccccc2)CC1)c1ccc2c(c1)OC(F)(F)O2. The highest BCUT2D eigenvalue weighted by molar-refractivity contribution is 7.89. The molecule has 6 rings (SSSR count). The van der Waals surface area contributed by atoms with Gasteiger partial charge in [0.25, 0.3) is 5.91 Å². The minimum Gasteiger partial charge on any atom is -0.395 e. The zero-order chi connectivity index (χ0) is 27.2. The van der Waals surface area contributed by atoms with E-state index in [1.807, 2.05) is 18.2 Å². The number of halogens is 2. The molecule has 2 saturated heterocycles. The number of sulfonamides is 1. The second-order valence-electron chi connectivity index (χ2n) is 11.1. The molecule has 3 heterocycles. The van der Waals surface area contributed by atoms with Crippen molar-refractivity contribution >= 4 is 15.9 Å². The molecule has 8 nitrogen and oxygen atoms in total. The molecule has 11 heteroatoms. The molecule has 4 aliphatic rings. The first-order valence-corrected chi connectivity index (χ1v) is 15.2. The number of alkyl halides is 2. The summed E-state index contributed by atoms with van der Waals surface area (Å²) in [6, 6.07) is 14.0. The van der Waals surface area contributed by atoms with Crippen LogP contribution in [0.1, 0.15) is 67.3 Å². The summed E-state index contributed by atoms with van der Waals surface area (Å²) in [6.07, 6.45) is 1.86. The van der Waals surface area contributed by atoms with Crippen LogP contribution in [0.5, 0.6) is 11.5 Å². The van der Waals surface area contributed by atoms with Crippen LogP contribution in [0.2, 0.25) is 0 Å². The Labute approximate surface area is 227 Å². The van der Waals surface area contributed by atoms with Crippen molar-refractivity contribution in [2.24, 2.45) is 0 Å². The number of amides is 1. The number of piperidine rings is 1. The fourth-order valence-electron chi connectivity index (χ4n) is 6.62. The lowest BCUT2D eigenvalue weighted by atomic mass is 9.95. The smallest absolute Gasteiger partial charge is 0.395 e. The lowest BCUT2D eigenvalue weighted by Crippen LogP contribution is -2.55. The van der Waals surface area contributed by atoms with Gasteiger partial charge in [0.2, 0.25) is 10.0 Å². The fourth-order valence-corrected chi connectivity index (χ4v) is 9.05. The maximum Gasteiger partial charge on any atom is 0.586 e. The van der Waals surface area contributed by atoms with Gasteiger partial charge in [-0.25, -0.2) is 8.42 Å². The largest absolute Gasteiger partial charge is 0.586 e. The summed E-state index contributed by atoms with van der Waals surface area (Å²) in [7, 11) is -3.44. The Hall–Kier alpha value is -2.76. The van der Waals surface area contributed by atoms with E-state index < -0.39 is 22.2 Å². The first kappa shape index (κ1) is 26.5. The summed E-state index contributed by atoms with van der Waals surface area (Å²) < 4.78 is 64.7. The summed E-state index contributed by atoms with van der Waals surface area (Å²) in [5.74, 6) is -0.702. The minimum absolute atomic E-state index is 0.117. The van der Waals surface area contributed by atoms with Crippen molar-refractivity contribution in [2.45, 2.75) is 93.6 Å². The normalized spacial score (nSPS) is 29.7. The highest BCUT2D eigenvalue weighted by Gasteiger charge is 2.50. The summed E-state index contributed by atoms with van der Waals surface area (Å²) in [6.45, 7) is 0.783. The van der Waals surface area contributed by atoms with Gasteiger partial charge >= 0.3 is 6.29 Å². The summed E-state index contributed by atoms with van der Waals surface area (Å²) in [5, 5.41) is 6.19. The average molecular weight is 562 g/mol. The molecule has 39 heavy (non-hydrogen) atoms. The maximum absolute atomic E-state index is 13.7. The highest BCUT2D eigenvalue weighted by Crippen LogP contribution is 2.42. The van der Waals surface area contributed by atoms with E-state index in [2.05, 4.69) is 32.2 Å². The molecule has 1 aliphatic carbocycles. The molecule has 3 aliphatic heterocycles. The Bertz CT molecular complexity index is 1300. The summed E-state index contributed by atoms with van der Waals surface area (Å²) >= 11 is 0. The molecular weight excluding hydrogens is 528 g/mol. The van der Waals surface area contributed by atoms with E-state index in [0.29, 0.717) is 31.7 Å². The zero-order valence-corrected chi connectivity index (χ0v) is 22.3. The van der Waals surface area contributed by atoms with Crippen molar-refractivity contribution in [3.63, 3.8) is 0 Å². The fraction of sp³-hybridized carbons (Fsp3) is 0.536. The molecule has 2 bridgehead atoms. The van der Waals surface area contributed by atoms with Crippen LogP contribution in [0.4, 0.5) is 8.78 Å². The van der Waals surface area contributed by atoms with E-state index in [9.17, 15) is 22.0 Å². The number of benzene rings is 2. The van der Waals surface area contributed by atoms with E-state index in [4.69, 9.17) is 0 Å². The van der Waals surface area contributed by atoms with E-state index in [-0.39, 0.29) is 40.4 Å². The van der Waals surface area contributed by atoms with Crippen molar-refractivity contribution in [1.29, 1.82) is 0 Å². The number of hydrogen-bond acceptors (Lipinski definition) is 6. The lowest BCUT2D eigenvalue weighted by molar-refractivity contribution is -0.286. The van der Waals surface area contributed by atoms with E-state index in [1.54, 1.807) is 4.31 Å². The average Bonchev–Trinajstić information content (AvgIpc) is 3.39. The lowest BCUT2D eigenvalue weighted by Gasteiger charge is -2.41. The molecule has 0 unspecified atom stereocenters. The van der Waals surface area contributed by atoms with Gasteiger partial charge in [-0.1, -0.05) is 30.3 Å². The number of hydrogen-bond donors (Lipinski definition) is 2. The number of carbonyl (C=O) groups is 1. The summed E-state index contributed by atoms with van der Waals surface area (Å²) in [4.78, 5) is 12.9. The minimum atomic E-state index is -3.74. The predicted molar refractivity (Wildman–Crippen MR) is 140 cm³/mol. The van der Waals surface area contributed by atoms with Gasteiger partial charge in [0.1, 0.15) is 0 Å². The van der Waals surface area contributed by atoms with Gasteiger partial charge in [-0.05, 0) is 75.1 Å². The van der Waals surface area contributed by atoms with Gasteiger partial charge in [0.15, 0.2) is 11.5 Å². The van der Waals surface area contributed by atoms with Gasteiger partial charge in [-0.3, -0.25) is 4.79 Å². The number of fused-ring (bicyclic) bond motifs is 3. The van der Waals surface area contributed by atoms with Gasteiger partial charge in [-0.2, -0.15) is 4.31 Å². The third-order valence-electron chi connectivity index (χ3n) is 8.49. The van der Waals surface area contributed by atoms with Gasteiger partial charge in [0, 0.05) is 36.3 Å². The third kappa shape index (κ3) is 5.49. The zero-order valence-electron chi connectivity index (χ0n) is 21.5. The third-order valence-corrected chi connectivity index (χ3v) is 11.0. The van der Waals surface area contributed by atoms with Crippen molar-refractivity contribution in [1.82, 2.24) is 14.9 Å². The first-order chi connectivity index (χ1) is 18.7. The molecule has 1 saturated carbocycles. The monoisotopic (exact) mass is 561 g/mol. The second kappa shape index (κ2) is 10.3. The van der Waals surface area contributed by atoms with Gasteiger partial charge in [-0.15, -0.1) is 8.78 Å². The molecule has 2 aromatic rings. The molecule has 1 amide bonds. The molecule has 0 spiro atoms. The number of nitrogens with one attached hydrogen (secondary N) is 2. The summed E-state index contributed by atoms with van der Waals surface area (Å²) in [5.41, 5.74) is 1.41. The Morgan fingerprint density at radius 3 is 2.26 bits per heavy atom. The van der Waals surface area contributed by atoms with Crippen molar-refractivity contribution in [3.8, 4) is 11.5 Å². The van der Waals surface area contributed by atoms with Gasteiger partial charge in [0.05, 0.1) is 5.25 Å². The van der Waals surface area contributed by atoms with Crippen LogP contribution >= 0.6 is 0 Å². The Morgan fingerprint density at radius 1 is 0.897 bits per heavy atom. The molecule has 3 fully saturated rings. The van der Waals surface area contributed by atoms with Crippen LogP contribution in [0, 0.1) is 0 Å². The number of nitrogens with zero attached hydrogens (tertiary/aromatic N) is 1. The van der Waals surface area contributed by atoms with Crippen molar-refractivity contribution in [3.05, 3.63) is 59.7 Å². The molecule has 0 radical (unpaired) electrons. The standard InChI is InChI=1S/C28H33F2N3O5S/c29-28(30)37-25-13-6-19(14-26(25)38-28)27(34)32-21-15-22-9-10-23(16-21)33(22)39(35,36)24-11-7-20(8-12-24)31-17-18-4-2-1-3-5-18/h1-6,13-14,20-24,31H,7-12,15-17H2,(H,32,34)/t20-,21-,22+,23-,24-. The first-order valence-electron chi connectivity index (χ1n) is 13.7. The highest BCUT2D eigenvalue weighted by atomic mass is 32.2. The quantitative estimate of drug-likeness (QED) is 0.527. The van der Waals surface area contributed by atoms with Crippen LogP contribution in [0.15, 0.2) is 48.5 Å². The molecule has 0 aromatic heterocycles. The van der Waals surface area contributed by atoms with E-state index in [1.165, 1.54) is 23.8 Å².